The lowest BCUT2D eigenvalue weighted by Gasteiger charge is -2.42. The number of hydrogen-bond acceptors (Lipinski definition) is 2. The van der Waals surface area contributed by atoms with Gasteiger partial charge < -0.3 is 10.1 Å². The van der Waals surface area contributed by atoms with E-state index in [1.165, 1.54) is 58.0 Å². The maximum Gasteiger partial charge on any atom is 0.0468 e. The third-order valence-electron chi connectivity index (χ3n) is 5.46. The fourth-order valence-electron chi connectivity index (χ4n) is 4.53. The van der Waals surface area contributed by atoms with Crippen LogP contribution in [0.1, 0.15) is 44.9 Å². The van der Waals surface area contributed by atoms with E-state index < -0.39 is 0 Å². The fraction of sp³-hybridized carbons (Fsp3) is 1.00. The van der Waals surface area contributed by atoms with Gasteiger partial charge in [0.1, 0.15) is 0 Å². The molecule has 0 amide bonds. The SMILES string of the molecule is C1CCC(C2CNCCC2C2CCOCC2)C1. The molecule has 3 rings (SSSR count). The van der Waals surface area contributed by atoms with Crippen molar-refractivity contribution < 1.29 is 4.74 Å². The minimum absolute atomic E-state index is 0.969. The lowest BCUT2D eigenvalue weighted by Crippen LogP contribution is -2.44. The monoisotopic (exact) mass is 237 g/mol. The summed E-state index contributed by atoms with van der Waals surface area (Å²) >= 11 is 0. The Morgan fingerprint density at radius 1 is 0.765 bits per heavy atom. The van der Waals surface area contributed by atoms with Crippen molar-refractivity contribution in [3.63, 3.8) is 0 Å². The largest absolute Gasteiger partial charge is 0.381 e. The van der Waals surface area contributed by atoms with E-state index >= 15 is 0 Å². The van der Waals surface area contributed by atoms with Crippen LogP contribution in [-0.4, -0.2) is 26.3 Å². The Morgan fingerprint density at radius 3 is 2.24 bits per heavy atom. The zero-order valence-electron chi connectivity index (χ0n) is 11.0. The van der Waals surface area contributed by atoms with Crippen molar-refractivity contribution in [2.45, 2.75) is 44.9 Å². The summed E-state index contributed by atoms with van der Waals surface area (Å²) in [6, 6.07) is 0. The summed E-state index contributed by atoms with van der Waals surface area (Å²) < 4.78 is 5.54. The van der Waals surface area contributed by atoms with Crippen molar-refractivity contribution in [2.24, 2.45) is 23.7 Å². The van der Waals surface area contributed by atoms with Crippen molar-refractivity contribution in [3.05, 3.63) is 0 Å². The van der Waals surface area contributed by atoms with E-state index in [1.807, 2.05) is 0 Å². The predicted octanol–water partition coefficient (Wildman–Crippen LogP) is 2.83. The highest BCUT2D eigenvalue weighted by Gasteiger charge is 2.37. The van der Waals surface area contributed by atoms with Crippen molar-refractivity contribution >= 4 is 0 Å². The van der Waals surface area contributed by atoms with Crippen molar-refractivity contribution in [1.29, 1.82) is 0 Å². The minimum atomic E-state index is 0.969. The Labute approximate surface area is 105 Å². The van der Waals surface area contributed by atoms with Crippen LogP contribution in [-0.2, 0) is 4.74 Å². The highest BCUT2D eigenvalue weighted by molar-refractivity contribution is 4.89. The minimum Gasteiger partial charge on any atom is -0.381 e. The standard InChI is InChI=1S/C15H27NO/c1-2-4-12(3-1)15-11-16-8-5-14(15)13-6-9-17-10-7-13/h12-16H,1-11H2. The molecular weight excluding hydrogens is 210 g/mol. The second-order valence-electron chi connectivity index (χ2n) is 6.31. The molecule has 0 aromatic rings. The zero-order valence-corrected chi connectivity index (χ0v) is 11.0. The normalized spacial score (nSPS) is 37.4. The lowest BCUT2D eigenvalue weighted by molar-refractivity contribution is 0.0156. The highest BCUT2D eigenvalue weighted by atomic mass is 16.5. The van der Waals surface area contributed by atoms with Gasteiger partial charge in [0.15, 0.2) is 0 Å². The third kappa shape index (κ3) is 2.68. The van der Waals surface area contributed by atoms with Gasteiger partial charge in [-0.3, -0.25) is 0 Å². The molecule has 3 fully saturated rings. The summed E-state index contributed by atoms with van der Waals surface area (Å²) in [4.78, 5) is 0. The molecule has 2 aliphatic heterocycles. The van der Waals surface area contributed by atoms with Crippen LogP contribution < -0.4 is 5.32 Å². The van der Waals surface area contributed by atoms with E-state index in [2.05, 4.69) is 5.32 Å². The van der Waals surface area contributed by atoms with Crippen LogP contribution in [0.5, 0.6) is 0 Å². The second-order valence-corrected chi connectivity index (χ2v) is 6.31. The van der Waals surface area contributed by atoms with Crippen molar-refractivity contribution in [1.82, 2.24) is 5.32 Å². The molecule has 98 valence electrons. The summed E-state index contributed by atoms with van der Waals surface area (Å²) in [5, 5.41) is 3.65. The molecule has 2 heteroatoms. The first-order valence-corrected chi connectivity index (χ1v) is 7.73. The van der Waals surface area contributed by atoms with Gasteiger partial charge in [0.05, 0.1) is 0 Å². The average Bonchev–Trinajstić information content (AvgIpc) is 2.94. The topological polar surface area (TPSA) is 21.3 Å². The fourth-order valence-corrected chi connectivity index (χ4v) is 4.53. The van der Waals surface area contributed by atoms with Crippen molar-refractivity contribution in [2.75, 3.05) is 26.3 Å². The van der Waals surface area contributed by atoms with Crippen LogP contribution in [0.4, 0.5) is 0 Å². The third-order valence-corrected chi connectivity index (χ3v) is 5.46. The summed E-state index contributed by atoms with van der Waals surface area (Å²) in [5.41, 5.74) is 0. The zero-order chi connectivity index (χ0) is 11.5. The number of piperidine rings is 1. The van der Waals surface area contributed by atoms with Crippen molar-refractivity contribution in [3.8, 4) is 0 Å². The molecule has 3 aliphatic rings. The molecule has 2 nitrogen and oxygen atoms in total. The van der Waals surface area contributed by atoms with E-state index in [0.29, 0.717) is 0 Å². The molecule has 1 N–H and O–H groups in total. The first-order valence-electron chi connectivity index (χ1n) is 7.73. The molecule has 2 unspecified atom stereocenters. The molecule has 2 heterocycles. The molecule has 2 saturated heterocycles. The average molecular weight is 237 g/mol. The Morgan fingerprint density at radius 2 is 1.47 bits per heavy atom. The number of hydrogen-bond donors (Lipinski definition) is 1. The Bertz CT molecular complexity index is 231. The van der Waals surface area contributed by atoms with Gasteiger partial charge in [0.2, 0.25) is 0 Å². The molecule has 0 bridgehead atoms. The Kier molecular flexibility index (Phi) is 4.02. The molecule has 1 aliphatic carbocycles. The summed E-state index contributed by atoms with van der Waals surface area (Å²) in [6.45, 7) is 4.59. The van der Waals surface area contributed by atoms with Gasteiger partial charge in [-0.15, -0.1) is 0 Å². The molecule has 1 saturated carbocycles. The van der Waals surface area contributed by atoms with Gasteiger partial charge in [-0.1, -0.05) is 25.7 Å². The first-order chi connectivity index (χ1) is 8.45. The van der Waals surface area contributed by atoms with Crippen LogP contribution in [0.3, 0.4) is 0 Å². The smallest absolute Gasteiger partial charge is 0.0468 e. The Hall–Kier alpha value is -0.0800. The van der Waals surface area contributed by atoms with Crippen LogP contribution in [0.15, 0.2) is 0 Å². The van der Waals surface area contributed by atoms with Gasteiger partial charge in [0, 0.05) is 13.2 Å². The first kappa shape index (κ1) is 12.0. The van der Waals surface area contributed by atoms with Gasteiger partial charge in [-0.25, -0.2) is 0 Å². The molecule has 0 spiro atoms. The predicted molar refractivity (Wildman–Crippen MR) is 70.0 cm³/mol. The lowest BCUT2D eigenvalue weighted by atomic mass is 9.69. The summed E-state index contributed by atoms with van der Waals surface area (Å²) in [5.74, 6) is 3.99. The number of rotatable bonds is 2. The molecule has 2 atom stereocenters. The van der Waals surface area contributed by atoms with Crippen LogP contribution >= 0.6 is 0 Å². The van der Waals surface area contributed by atoms with Gasteiger partial charge in [-0.05, 0) is 56.0 Å². The summed E-state index contributed by atoms with van der Waals surface area (Å²) in [7, 11) is 0. The van der Waals surface area contributed by atoms with Crippen LogP contribution in [0.25, 0.3) is 0 Å². The number of nitrogens with one attached hydrogen (secondary N) is 1. The van der Waals surface area contributed by atoms with Crippen LogP contribution in [0, 0.1) is 23.7 Å². The molecule has 0 radical (unpaired) electrons. The molecule has 17 heavy (non-hydrogen) atoms. The number of ether oxygens (including phenoxy) is 1. The molecular formula is C15H27NO. The van der Waals surface area contributed by atoms with E-state index in [0.717, 1.165) is 36.9 Å². The van der Waals surface area contributed by atoms with E-state index in [4.69, 9.17) is 4.74 Å². The highest BCUT2D eigenvalue weighted by Crippen LogP contribution is 2.42. The summed E-state index contributed by atoms with van der Waals surface area (Å²) in [6.07, 6.45) is 10.1. The quantitative estimate of drug-likeness (QED) is 0.797. The van der Waals surface area contributed by atoms with E-state index in [-0.39, 0.29) is 0 Å². The van der Waals surface area contributed by atoms with Gasteiger partial charge in [0.25, 0.3) is 0 Å². The molecule has 0 aromatic heterocycles. The van der Waals surface area contributed by atoms with E-state index in [1.54, 1.807) is 0 Å². The second kappa shape index (κ2) is 5.71. The maximum absolute atomic E-state index is 5.54. The maximum atomic E-state index is 5.54. The van der Waals surface area contributed by atoms with Crippen LogP contribution in [0.2, 0.25) is 0 Å². The Balaban J connectivity index is 1.65. The molecule has 0 aromatic carbocycles. The van der Waals surface area contributed by atoms with Gasteiger partial charge >= 0.3 is 0 Å². The van der Waals surface area contributed by atoms with Gasteiger partial charge in [-0.2, -0.15) is 0 Å². The van der Waals surface area contributed by atoms with E-state index in [9.17, 15) is 0 Å².